The predicted octanol–water partition coefficient (Wildman–Crippen LogP) is 4.39. The molecule has 7 nitrogen and oxygen atoms in total. The highest BCUT2D eigenvalue weighted by molar-refractivity contribution is 6.30. The van der Waals surface area contributed by atoms with E-state index < -0.39 is 12.1 Å². The predicted molar refractivity (Wildman–Crippen MR) is 121 cm³/mol. The third-order valence-corrected chi connectivity index (χ3v) is 4.45. The molecule has 0 aliphatic rings. The number of hydrogen-bond donors (Lipinski definition) is 5. The highest BCUT2D eigenvalue weighted by Crippen LogP contribution is 2.19. The van der Waals surface area contributed by atoms with Crippen molar-refractivity contribution < 1.29 is 9.59 Å². The second kappa shape index (κ2) is 10.3. The van der Waals surface area contributed by atoms with Crippen LogP contribution in [0.2, 0.25) is 5.02 Å². The third kappa shape index (κ3) is 5.97. The molecule has 154 valence electrons. The maximum absolute atomic E-state index is 13.0. The van der Waals surface area contributed by atoms with Crippen LogP contribution in [-0.4, -0.2) is 19.0 Å². The Bertz CT molecular complexity index is 979. The van der Waals surface area contributed by atoms with Crippen molar-refractivity contribution in [3.05, 3.63) is 89.4 Å². The Labute approximate surface area is 179 Å². The third-order valence-electron chi connectivity index (χ3n) is 4.19. The summed E-state index contributed by atoms with van der Waals surface area (Å²) in [6, 6.07) is 21.5. The van der Waals surface area contributed by atoms with Crippen LogP contribution in [0.5, 0.6) is 0 Å². The molecule has 1 atom stereocenters. The lowest BCUT2D eigenvalue weighted by molar-refractivity contribution is -0.118. The van der Waals surface area contributed by atoms with E-state index in [-0.39, 0.29) is 5.91 Å². The van der Waals surface area contributed by atoms with Crippen molar-refractivity contribution in [2.75, 3.05) is 23.1 Å². The fraction of sp³-hybridized carbons (Fsp3) is 0.0909. The molecular formula is C22H22ClN5O2. The number of hydrazine groups is 1. The van der Waals surface area contributed by atoms with E-state index in [1.54, 1.807) is 55.6 Å². The molecule has 5 N–H and O–H groups in total. The molecule has 0 aliphatic heterocycles. The first-order valence-electron chi connectivity index (χ1n) is 9.27. The molecule has 0 bridgehead atoms. The molecule has 1 unspecified atom stereocenters. The van der Waals surface area contributed by atoms with E-state index in [1.165, 1.54) is 0 Å². The summed E-state index contributed by atoms with van der Waals surface area (Å²) < 4.78 is 0. The van der Waals surface area contributed by atoms with E-state index >= 15 is 0 Å². The normalized spacial score (nSPS) is 11.3. The number of benzene rings is 3. The number of carbonyl (C=O) groups is 2. The Balaban J connectivity index is 1.72. The van der Waals surface area contributed by atoms with Gasteiger partial charge in [0.1, 0.15) is 6.04 Å². The van der Waals surface area contributed by atoms with Crippen LogP contribution in [0.4, 0.5) is 21.9 Å². The van der Waals surface area contributed by atoms with Gasteiger partial charge in [0.15, 0.2) is 0 Å². The van der Waals surface area contributed by atoms with Crippen molar-refractivity contribution in [2.24, 2.45) is 0 Å². The molecule has 8 heteroatoms. The lowest BCUT2D eigenvalue weighted by Gasteiger charge is -2.19. The van der Waals surface area contributed by atoms with Crippen LogP contribution in [0.15, 0.2) is 78.9 Å². The molecule has 3 rings (SSSR count). The number of urea groups is 1. The Morgan fingerprint density at radius 3 is 1.97 bits per heavy atom. The molecule has 0 fully saturated rings. The van der Waals surface area contributed by atoms with Gasteiger partial charge >= 0.3 is 6.03 Å². The number of hydrogen-bond acceptors (Lipinski definition) is 4. The SMILES string of the molecule is CNNc1ccc(NC(=O)C(NC(=O)Nc2ccc(Cl)cc2)c2ccccc2)cc1. The molecule has 0 spiro atoms. The van der Waals surface area contributed by atoms with Crippen LogP contribution >= 0.6 is 11.6 Å². The first-order valence-corrected chi connectivity index (χ1v) is 9.64. The Hall–Kier alpha value is -3.55. The van der Waals surface area contributed by atoms with E-state index in [4.69, 9.17) is 11.6 Å². The minimum absolute atomic E-state index is 0.359. The fourth-order valence-electron chi connectivity index (χ4n) is 2.77. The zero-order chi connectivity index (χ0) is 21.3. The topological polar surface area (TPSA) is 94.3 Å². The van der Waals surface area contributed by atoms with Gasteiger partial charge in [-0.25, -0.2) is 10.2 Å². The van der Waals surface area contributed by atoms with Gasteiger partial charge in [-0.1, -0.05) is 41.9 Å². The molecule has 0 aliphatic carbocycles. The summed E-state index contributed by atoms with van der Waals surface area (Å²) in [4.78, 5) is 25.5. The minimum Gasteiger partial charge on any atom is -0.324 e. The summed E-state index contributed by atoms with van der Waals surface area (Å²) in [6.07, 6.45) is 0. The quantitative estimate of drug-likeness (QED) is 0.364. The van der Waals surface area contributed by atoms with Gasteiger partial charge in [0.2, 0.25) is 0 Å². The molecule has 0 radical (unpaired) electrons. The Morgan fingerprint density at radius 2 is 1.33 bits per heavy atom. The highest BCUT2D eigenvalue weighted by atomic mass is 35.5. The average Bonchev–Trinajstić information content (AvgIpc) is 2.76. The molecular weight excluding hydrogens is 402 g/mol. The van der Waals surface area contributed by atoms with Crippen molar-refractivity contribution in [3.63, 3.8) is 0 Å². The second-order valence-corrected chi connectivity index (χ2v) is 6.83. The van der Waals surface area contributed by atoms with Crippen molar-refractivity contribution in [1.29, 1.82) is 0 Å². The Morgan fingerprint density at radius 1 is 0.767 bits per heavy atom. The zero-order valence-electron chi connectivity index (χ0n) is 16.3. The molecule has 0 aromatic heterocycles. The number of carbonyl (C=O) groups excluding carboxylic acids is 2. The van der Waals surface area contributed by atoms with Crippen molar-refractivity contribution >= 4 is 40.6 Å². The maximum Gasteiger partial charge on any atom is 0.320 e. The van der Waals surface area contributed by atoms with Crippen molar-refractivity contribution in [1.82, 2.24) is 10.7 Å². The van der Waals surface area contributed by atoms with Gasteiger partial charge in [0.05, 0.1) is 0 Å². The average molecular weight is 424 g/mol. The summed E-state index contributed by atoms with van der Waals surface area (Å²) in [5.74, 6) is -0.359. The van der Waals surface area contributed by atoms with Gasteiger partial charge in [0, 0.05) is 29.1 Å². The van der Waals surface area contributed by atoms with Crippen LogP contribution < -0.4 is 26.8 Å². The molecule has 3 aromatic rings. The van der Waals surface area contributed by atoms with Crippen LogP contribution in [0.3, 0.4) is 0 Å². The van der Waals surface area contributed by atoms with Crippen LogP contribution in [0, 0.1) is 0 Å². The van der Waals surface area contributed by atoms with E-state index in [2.05, 4.69) is 26.8 Å². The molecule has 30 heavy (non-hydrogen) atoms. The second-order valence-electron chi connectivity index (χ2n) is 6.39. The van der Waals surface area contributed by atoms with Crippen molar-refractivity contribution in [3.8, 4) is 0 Å². The molecule has 0 heterocycles. The van der Waals surface area contributed by atoms with E-state index in [0.29, 0.717) is 22.0 Å². The number of anilines is 3. The van der Waals surface area contributed by atoms with Crippen LogP contribution in [-0.2, 0) is 4.79 Å². The summed E-state index contributed by atoms with van der Waals surface area (Å²) in [6.45, 7) is 0. The van der Waals surface area contributed by atoms with Gasteiger partial charge < -0.3 is 21.4 Å². The smallest absolute Gasteiger partial charge is 0.320 e. The van der Waals surface area contributed by atoms with E-state index in [0.717, 1.165) is 5.69 Å². The molecule has 3 aromatic carbocycles. The summed E-state index contributed by atoms with van der Waals surface area (Å²) in [5, 5.41) is 8.84. The van der Waals surface area contributed by atoms with Gasteiger partial charge in [-0.05, 0) is 54.1 Å². The Kier molecular flexibility index (Phi) is 7.26. The lowest BCUT2D eigenvalue weighted by Crippen LogP contribution is -2.39. The van der Waals surface area contributed by atoms with Gasteiger partial charge in [0.25, 0.3) is 5.91 Å². The number of nitrogens with one attached hydrogen (secondary N) is 5. The summed E-state index contributed by atoms with van der Waals surface area (Å²) in [7, 11) is 1.76. The number of halogens is 1. The molecule has 0 saturated heterocycles. The summed E-state index contributed by atoms with van der Waals surface area (Å²) in [5.41, 5.74) is 8.48. The standard InChI is InChI=1S/C22H22ClN5O2/c1-24-28-19-13-11-17(12-14-19)25-21(29)20(15-5-3-2-4-6-15)27-22(30)26-18-9-7-16(23)8-10-18/h2-14,20,24,28H,1H3,(H,25,29)(H2,26,27,30). The monoisotopic (exact) mass is 423 g/mol. The minimum atomic E-state index is -0.881. The van der Waals surface area contributed by atoms with E-state index in [9.17, 15) is 9.59 Å². The lowest BCUT2D eigenvalue weighted by atomic mass is 10.1. The summed E-state index contributed by atoms with van der Waals surface area (Å²) >= 11 is 5.87. The largest absolute Gasteiger partial charge is 0.324 e. The van der Waals surface area contributed by atoms with Gasteiger partial charge in [-0.2, -0.15) is 0 Å². The fourth-order valence-corrected chi connectivity index (χ4v) is 2.90. The maximum atomic E-state index is 13.0. The first-order chi connectivity index (χ1) is 14.5. The number of rotatable bonds is 7. The van der Waals surface area contributed by atoms with E-state index in [1.807, 2.05) is 30.3 Å². The molecule has 3 amide bonds. The van der Waals surface area contributed by atoms with Gasteiger partial charge in [-0.15, -0.1) is 0 Å². The first kappa shape index (κ1) is 21.2. The van der Waals surface area contributed by atoms with Gasteiger partial charge in [-0.3, -0.25) is 4.79 Å². The number of amides is 3. The molecule has 0 saturated carbocycles. The van der Waals surface area contributed by atoms with Crippen LogP contribution in [0.1, 0.15) is 11.6 Å². The zero-order valence-corrected chi connectivity index (χ0v) is 17.0. The highest BCUT2D eigenvalue weighted by Gasteiger charge is 2.23. The van der Waals surface area contributed by atoms with Crippen molar-refractivity contribution in [2.45, 2.75) is 6.04 Å². The van der Waals surface area contributed by atoms with Crippen LogP contribution in [0.25, 0.3) is 0 Å².